The number of ketones is 1. The van der Waals surface area contributed by atoms with E-state index in [1.54, 1.807) is 17.5 Å². The van der Waals surface area contributed by atoms with E-state index in [1.807, 2.05) is 35.9 Å². The number of rotatable bonds is 8. The molecule has 1 saturated carbocycles. The number of nitrogens with zero attached hydrogens (tertiary/aromatic N) is 5. The molecule has 0 aromatic carbocycles. The zero-order valence-corrected chi connectivity index (χ0v) is 19.1. The number of carbonyl (C=O) groups is 1. The summed E-state index contributed by atoms with van der Waals surface area (Å²) in [5.41, 5.74) is 2.70. The summed E-state index contributed by atoms with van der Waals surface area (Å²) in [5, 5.41) is 12.6. The minimum Gasteiger partial charge on any atom is -0.302 e. The number of hydrogen-bond donors (Lipinski definition) is 0. The van der Waals surface area contributed by atoms with Crippen molar-refractivity contribution in [1.29, 1.82) is 0 Å². The van der Waals surface area contributed by atoms with Gasteiger partial charge in [0.05, 0.1) is 5.75 Å². The van der Waals surface area contributed by atoms with Crippen molar-refractivity contribution < 1.29 is 4.79 Å². The molecule has 6 nitrogen and oxygen atoms in total. The van der Waals surface area contributed by atoms with Crippen LogP contribution in [0.5, 0.6) is 0 Å². The summed E-state index contributed by atoms with van der Waals surface area (Å²) >= 11 is 3.03. The molecule has 0 N–H and O–H groups in total. The highest BCUT2D eigenvalue weighted by Gasteiger charge is 2.24. The van der Waals surface area contributed by atoms with Gasteiger partial charge in [-0.25, -0.2) is 4.98 Å². The fourth-order valence-corrected chi connectivity index (χ4v) is 5.83. The lowest BCUT2D eigenvalue weighted by atomic mass is 9.89. The van der Waals surface area contributed by atoms with Gasteiger partial charge in [-0.15, -0.1) is 28.1 Å². The maximum Gasteiger partial charge on any atom is 0.193 e. The Labute approximate surface area is 185 Å². The summed E-state index contributed by atoms with van der Waals surface area (Å²) in [7, 11) is 0. The summed E-state index contributed by atoms with van der Waals surface area (Å²) < 4.78 is 4.18. The molecule has 1 aliphatic carbocycles. The Morgan fingerprint density at radius 1 is 1.30 bits per heavy atom. The van der Waals surface area contributed by atoms with Gasteiger partial charge in [0.25, 0.3) is 0 Å². The number of thioether (sulfide) groups is 1. The first kappa shape index (κ1) is 21.1. The van der Waals surface area contributed by atoms with Gasteiger partial charge in [-0.05, 0) is 32.8 Å². The van der Waals surface area contributed by atoms with E-state index in [4.69, 9.17) is 0 Å². The second-order valence-electron chi connectivity index (χ2n) is 7.72. The van der Waals surface area contributed by atoms with Crippen molar-refractivity contribution in [3.63, 3.8) is 0 Å². The third-order valence-electron chi connectivity index (χ3n) is 5.70. The van der Waals surface area contributed by atoms with Crippen LogP contribution in [-0.2, 0) is 6.54 Å². The van der Waals surface area contributed by atoms with Crippen LogP contribution in [-0.4, -0.2) is 35.9 Å². The van der Waals surface area contributed by atoms with Crippen LogP contribution >= 0.6 is 23.1 Å². The Hall–Kier alpha value is -2.19. The molecular weight excluding hydrogens is 414 g/mol. The molecule has 3 heterocycles. The topological polar surface area (TPSA) is 65.6 Å². The largest absolute Gasteiger partial charge is 0.302 e. The van der Waals surface area contributed by atoms with Crippen molar-refractivity contribution in [1.82, 2.24) is 24.3 Å². The summed E-state index contributed by atoms with van der Waals surface area (Å²) in [6.07, 6.45) is 9.81. The van der Waals surface area contributed by atoms with Gasteiger partial charge in [0.2, 0.25) is 0 Å². The molecule has 30 heavy (non-hydrogen) atoms. The van der Waals surface area contributed by atoms with Crippen LogP contribution in [0.3, 0.4) is 0 Å². The smallest absolute Gasteiger partial charge is 0.193 e. The lowest BCUT2D eigenvalue weighted by Crippen LogP contribution is -2.13. The first-order valence-electron chi connectivity index (χ1n) is 10.4. The zero-order valence-electron chi connectivity index (χ0n) is 17.5. The summed E-state index contributed by atoms with van der Waals surface area (Å²) in [4.78, 5) is 17.4. The van der Waals surface area contributed by atoms with Crippen molar-refractivity contribution >= 4 is 28.9 Å². The third kappa shape index (κ3) is 4.16. The molecule has 0 atom stereocenters. The monoisotopic (exact) mass is 441 g/mol. The van der Waals surface area contributed by atoms with Crippen LogP contribution < -0.4 is 0 Å². The van der Waals surface area contributed by atoms with E-state index in [0.717, 1.165) is 33.1 Å². The third-order valence-corrected chi connectivity index (χ3v) is 7.43. The zero-order chi connectivity index (χ0) is 21.1. The van der Waals surface area contributed by atoms with Gasteiger partial charge < -0.3 is 4.57 Å². The number of Topliss-reactive ketones (excluding diaryl/α,β-unsaturated/α-hetero) is 1. The first-order chi connectivity index (χ1) is 14.6. The van der Waals surface area contributed by atoms with Crippen LogP contribution in [0, 0.1) is 13.8 Å². The molecular formula is C22H27N5OS2. The Morgan fingerprint density at radius 2 is 2.10 bits per heavy atom. The molecule has 1 fully saturated rings. The van der Waals surface area contributed by atoms with E-state index in [2.05, 4.69) is 26.3 Å². The van der Waals surface area contributed by atoms with E-state index < -0.39 is 0 Å². The lowest BCUT2D eigenvalue weighted by molar-refractivity contribution is 0.102. The molecule has 3 aromatic heterocycles. The summed E-state index contributed by atoms with van der Waals surface area (Å²) in [5.74, 6) is 1.95. The summed E-state index contributed by atoms with van der Waals surface area (Å²) in [6.45, 7) is 8.56. The molecule has 0 amide bonds. The van der Waals surface area contributed by atoms with Crippen molar-refractivity contribution in [2.24, 2.45) is 0 Å². The minimum absolute atomic E-state index is 0.100. The number of aromatic nitrogens is 5. The SMILES string of the molecule is C=CCn1c(SCC(=O)c2cc(C)n(-c3nccs3)c2C)nnc1C1CCCCC1. The molecule has 0 spiro atoms. The normalized spacial score (nSPS) is 14.9. The van der Waals surface area contributed by atoms with Crippen molar-refractivity contribution in [2.75, 3.05) is 5.75 Å². The molecule has 158 valence electrons. The van der Waals surface area contributed by atoms with Crippen LogP contribution in [0.4, 0.5) is 0 Å². The molecule has 3 aromatic rings. The number of hydrogen-bond acceptors (Lipinski definition) is 6. The van der Waals surface area contributed by atoms with Gasteiger partial charge in [0.1, 0.15) is 5.82 Å². The highest BCUT2D eigenvalue weighted by atomic mass is 32.2. The maximum absolute atomic E-state index is 13.0. The molecule has 8 heteroatoms. The molecule has 0 aliphatic heterocycles. The molecule has 0 bridgehead atoms. The van der Waals surface area contributed by atoms with E-state index >= 15 is 0 Å². The molecule has 4 rings (SSSR count). The van der Waals surface area contributed by atoms with Gasteiger partial charge in [0, 0.05) is 41.0 Å². The maximum atomic E-state index is 13.0. The van der Waals surface area contributed by atoms with E-state index in [-0.39, 0.29) is 5.78 Å². The number of allylic oxidation sites excluding steroid dienone is 1. The predicted octanol–water partition coefficient (Wildman–Crippen LogP) is 5.35. The molecule has 1 aliphatic rings. The Morgan fingerprint density at radius 3 is 2.80 bits per heavy atom. The Kier molecular flexibility index (Phi) is 6.53. The predicted molar refractivity (Wildman–Crippen MR) is 122 cm³/mol. The van der Waals surface area contributed by atoms with Crippen LogP contribution in [0.25, 0.3) is 5.13 Å². The van der Waals surface area contributed by atoms with Gasteiger partial charge in [0.15, 0.2) is 16.1 Å². The number of carbonyl (C=O) groups excluding carboxylic acids is 1. The number of thiazole rings is 1. The first-order valence-corrected chi connectivity index (χ1v) is 12.3. The van der Waals surface area contributed by atoms with Gasteiger partial charge >= 0.3 is 0 Å². The Balaban J connectivity index is 1.51. The van der Waals surface area contributed by atoms with Crippen LogP contribution in [0.2, 0.25) is 0 Å². The van der Waals surface area contributed by atoms with Crippen LogP contribution in [0.1, 0.15) is 65.6 Å². The van der Waals surface area contributed by atoms with Crippen molar-refractivity contribution in [3.8, 4) is 5.13 Å². The van der Waals surface area contributed by atoms with E-state index in [0.29, 0.717) is 18.2 Å². The highest BCUT2D eigenvalue weighted by Crippen LogP contribution is 2.33. The quantitative estimate of drug-likeness (QED) is 0.268. The minimum atomic E-state index is 0.100. The summed E-state index contributed by atoms with van der Waals surface area (Å²) in [6, 6.07) is 1.96. The van der Waals surface area contributed by atoms with E-state index in [9.17, 15) is 4.79 Å². The van der Waals surface area contributed by atoms with Gasteiger partial charge in [-0.3, -0.25) is 9.36 Å². The molecule has 0 unspecified atom stereocenters. The van der Waals surface area contributed by atoms with Gasteiger partial charge in [-0.2, -0.15) is 0 Å². The van der Waals surface area contributed by atoms with Gasteiger partial charge in [-0.1, -0.05) is 37.1 Å². The molecule has 0 saturated heterocycles. The standard InChI is InChI=1S/C22H27N5OS2/c1-4-11-26-20(17-8-6-5-7-9-17)24-25-22(26)30-14-19(28)18-13-15(2)27(16(18)3)21-23-10-12-29-21/h4,10,12-13,17H,1,5-9,11,14H2,2-3H3. The second-order valence-corrected chi connectivity index (χ2v) is 9.54. The highest BCUT2D eigenvalue weighted by molar-refractivity contribution is 7.99. The fraction of sp³-hybridized carbons (Fsp3) is 0.455. The molecule has 0 radical (unpaired) electrons. The van der Waals surface area contributed by atoms with Crippen molar-refractivity contribution in [3.05, 3.63) is 53.1 Å². The van der Waals surface area contributed by atoms with Crippen LogP contribution in [0.15, 0.2) is 35.5 Å². The second kappa shape index (κ2) is 9.31. The Bertz CT molecular complexity index is 1030. The average molecular weight is 442 g/mol. The fourth-order valence-electron chi connectivity index (χ4n) is 4.24. The average Bonchev–Trinajstić information content (AvgIpc) is 3.47. The lowest BCUT2D eigenvalue weighted by Gasteiger charge is -2.21. The number of aryl methyl sites for hydroxylation is 1. The van der Waals surface area contributed by atoms with Crippen molar-refractivity contribution in [2.45, 2.75) is 63.6 Å². The van der Waals surface area contributed by atoms with E-state index in [1.165, 1.54) is 43.9 Å².